The van der Waals surface area contributed by atoms with Crippen LogP contribution in [-0.2, 0) is 6.54 Å². The Bertz CT molecular complexity index is 719. The van der Waals surface area contributed by atoms with Gasteiger partial charge in [-0.15, -0.1) is 0 Å². The van der Waals surface area contributed by atoms with Gasteiger partial charge >= 0.3 is 0 Å². The SMILES string of the molecule is CC(C)C(=O)c1ccn(Cc2cn3ccccc3n2)c1. The van der Waals surface area contributed by atoms with Gasteiger partial charge in [0.2, 0.25) is 0 Å². The van der Waals surface area contributed by atoms with Gasteiger partial charge in [0.15, 0.2) is 5.78 Å². The first-order chi connectivity index (χ1) is 9.63. The van der Waals surface area contributed by atoms with E-state index in [1.165, 1.54) is 0 Å². The molecule has 0 amide bonds. The lowest BCUT2D eigenvalue weighted by Gasteiger charge is -2.01. The summed E-state index contributed by atoms with van der Waals surface area (Å²) in [6.45, 7) is 4.51. The van der Waals surface area contributed by atoms with Crippen molar-refractivity contribution in [2.75, 3.05) is 0 Å². The number of hydrogen-bond donors (Lipinski definition) is 0. The Hall–Kier alpha value is -2.36. The monoisotopic (exact) mass is 267 g/mol. The molecule has 102 valence electrons. The first kappa shape index (κ1) is 12.7. The number of aromatic nitrogens is 3. The Balaban J connectivity index is 1.82. The molecule has 0 aliphatic heterocycles. The first-order valence-corrected chi connectivity index (χ1v) is 6.76. The second-order valence-electron chi connectivity index (χ2n) is 5.29. The number of carbonyl (C=O) groups excluding carboxylic acids is 1. The first-order valence-electron chi connectivity index (χ1n) is 6.76. The molecule has 4 heteroatoms. The smallest absolute Gasteiger partial charge is 0.166 e. The van der Waals surface area contributed by atoms with Crippen molar-refractivity contribution in [3.63, 3.8) is 0 Å². The maximum absolute atomic E-state index is 11.9. The van der Waals surface area contributed by atoms with Gasteiger partial charge in [-0.1, -0.05) is 19.9 Å². The molecule has 0 aliphatic rings. The van der Waals surface area contributed by atoms with E-state index in [2.05, 4.69) is 4.98 Å². The highest BCUT2D eigenvalue weighted by atomic mass is 16.1. The maximum atomic E-state index is 11.9. The number of nitrogens with zero attached hydrogens (tertiary/aromatic N) is 3. The highest BCUT2D eigenvalue weighted by Gasteiger charge is 2.12. The molecule has 4 nitrogen and oxygen atoms in total. The van der Waals surface area contributed by atoms with Crippen molar-refractivity contribution < 1.29 is 4.79 Å². The Morgan fingerprint density at radius 1 is 1.20 bits per heavy atom. The molecule has 3 aromatic heterocycles. The quantitative estimate of drug-likeness (QED) is 0.682. The number of rotatable bonds is 4. The molecule has 3 rings (SSSR count). The lowest BCUT2D eigenvalue weighted by molar-refractivity contribution is 0.0939. The highest BCUT2D eigenvalue weighted by molar-refractivity contribution is 5.97. The van der Waals surface area contributed by atoms with Crippen molar-refractivity contribution in [3.8, 4) is 0 Å². The number of pyridine rings is 1. The molecule has 0 fully saturated rings. The van der Waals surface area contributed by atoms with E-state index < -0.39 is 0 Å². The second kappa shape index (κ2) is 4.96. The van der Waals surface area contributed by atoms with Gasteiger partial charge in [0.1, 0.15) is 5.65 Å². The largest absolute Gasteiger partial charge is 0.348 e. The number of fused-ring (bicyclic) bond motifs is 1. The molecule has 0 N–H and O–H groups in total. The maximum Gasteiger partial charge on any atom is 0.166 e. The summed E-state index contributed by atoms with van der Waals surface area (Å²) in [5.74, 6) is 0.208. The molecule has 0 saturated carbocycles. The van der Waals surface area contributed by atoms with Crippen LogP contribution in [0.15, 0.2) is 49.1 Å². The average molecular weight is 267 g/mol. The fourth-order valence-corrected chi connectivity index (χ4v) is 2.27. The predicted octanol–water partition coefficient (Wildman–Crippen LogP) is 3.02. The zero-order valence-corrected chi connectivity index (χ0v) is 11.7. The Morgan fingerprint density at radius 2 is 2.05 bits per heavy atom. The summed E-state index contributed by atoms with van der Waals surface area (Å²) >= 11 is 0. The molecule has 0 aromatic carbocycles. The Kier molecular flexibility index (Phi) is 3.14. The van der Waals surface area contributed by atoms with Crippen molar-refractivity contribution in [3.05, 3.63) is 60.3 Å². The lowest BCUT2D eigenvalue weighted by atomic mass is 10.0. The molecular weight excluding hydrogens is 250 g/mol. The molecule has 0 saturated heterocycles. The third kappa shape index (κ3) is 2.37. The molecule has 20 heavy (non-hydrogen) atoms. The third-order valence-corrected chi connectivity index (χ3v) is 3.32. The van der Waals surface area contributed by atoms with Gasteiger partial charge in [-0.2, -0.15) is 0 Å². The summed E-state index contributed by atoms with van der Waals surface area (Å²) in [4.78, 5) is 16.5. The molecule has 0 spiro atoms. The lowest BCUT2D eigenvalue weighted by Crippen LogP contribution is -2.06. The summed E-state index contributed by atoms with van der Waals surface area (Å²) < 4.78 is 4.00. The second-order valence-corrected chi connectivity index (χ2v) is 5.29. The van der Waals surface area contributed by atoms with E-state index in [1.54, 1.807) is 0 Å². The van der Waals surface area contributed by atoms with Gasteiger partial charge in [-0.3, -0.25) is 4.79 Å². The van der Waals surface area contributed by atoms with Crippen LogP contribution in [0.1, 0.15) is 29.9 Å². The van der Waals surface area contributed by atoms with E-state index in [0.717, 1.165) is 16.9 Å². The molecule has 0 atom stereocenters. The van der Waals surface area contributed by atoms with E-state index in [1.807, 2.05) is 71.9 Å². The standard InChI is InChI=1S/C16H17N3O/c1-12(2)16(20)13-6-8-18(9-13)10-14-11-19-7-4-3-5-15(19)17-14/h3-9,11-12H,10H2,1-2H3. The minimum atomic E-state index is 0.0287. The Labute approximate surface area is 117 Å². The molecule has 0 radical (unpaired) electrons. The summed E-state index contributed by atoms with van der Waals surface area (Å²) in [6, 6.07) is 7.81. The van der Waals surface area contributed by atoms with Gasteiger partial charge in [0.25, 0.3) is 0 Å². The summed E-state index contributed by atoms with van der Waals surface area (Å²) in [5.41, 5.74) is 2.69. The van der Waals surface area contributed by atoms with Crippen molar-refractivity contribution in [2.45, 2.75) is 20.4 Å². The summed E-state index contributed by atoms with van der Waals surface area (Å²) in [6.07, 6.45) is 7.82. The van der Waals surface area contributed by atoms with Crippen LogP contribution in [0, 0.1) is 5.92 Å². The summed E-state index contributed by atoms with van der Waals surface area (Å²) in [7, 11) is 0. The zero-order valence-electron chi connectivity index (χ0n) is 11.7. The molecule has 3 aromatic rings. The zero-order chi connectivity index (χ0) is 14.1. The highest BCUT2D eigenvalue weighted by Crippen LogP contribution is 2.11. The van der Waals surface area contributed by atoms with Crippen molar-refractivity contribution >= 4 is 11.4 Å². The number of Topliss-reactive ketones (excluding diaryl/α,β-unsaturated/α-hetero) is 1. The van der Waals surface area contributed by atoms with Crippen LogP contribution >= 0.6 is 0 Å². The van der Waals surface area contributed by atoms with Gasteiger partial charge in [-0.05, 0) is 18.2 Å². The number of imidazole rings is 1. The molecular formula is C16H17N3O. The van der Waals surface area contributed by atoms with Crippen molar-refractivity contribution in [1.82, 2.24) is 14.0 Å². The van der Waals surface area contributed by atoms with Crippen LogP contribution in [0.5, 0.6) is 0 Å². The van der Waals surface area contributed by atoms with Gasteiger partial charge in [-0.25, -0.2) is 4.98 Å². The van der Waals surface area contributed by atoms with Crippen LogP contribution in [-0.4, -0.2) is 19.7 Å². The number of ketones is 1. The molecule has 0 aliphatic carbocycles. The van der Waals surface area contributed by atoms with E-state index in [-0.39, 0.29) is 11.7 Å². The van der Waals surface area contributed by atoms with Gasteiger partial charge < -0.3 is 8.97 Å². The topological polar surface area (TPSA) is 39.3 Å². The van der Waals surface area contributed by atoms with E-state index >= 15 is 0 Å². The molecule has 0 bridgehead atoms. The summed E-state index contributed by atoms with van der Waals surface area (Å²) in [5, 5.41) is 0. The average Bonchev–Trinajstić information content (AvgIpc) is 3.03. The van der Waals surface area contributed by atoms with Crippen LogP contribution in [0.4, 0.5) is 0 Å². The molecule has 0 unspecified atom stereocenters. The minimum absolute atomic E-state index is 0.0287. The fourth-order valence-electron chi connectivity index (χ4n) is 2.27. The third-order valence-electron chi connectivity index (χ3n) is 3.32. The van der Waals surface area contributed by atoms with Gasteiger partial charge in [0, 0.05) is 36.3 Å². The van der Waals surface area contributed by atoms with Crippen molar-refractivity contribution in [1.29, 1.82) is 0 Å². The minimum Gasteiger partial charge on any atom is -0.348 e. The molecule has 3 heterocycles. The number of hydrogen-bond acceptors (Lipinski definition) is 2. The van der Waals surface area contributed by atoms with Crippen LogP contribution in [0.3, 0.4) is 0 Å². The van der Waals surface area contributed by atoms with E-state index in [0.29, 0.717) is 6.54 Å². The van der Waals surface area contributed by atoms with Crippen LogP contribution in [0.2, 0.25) is 0 Å². The number of carbonyl (C=O) groups is 1. The van der Waals surface area contributed by atoms with Crippen molar-refractivity contribution in [2.24, 2.45) is 5.92 Å². The fraction of sp³-hybridized carbons (Fsp3) is 0.250. The van der Waals surface area contributed by atoms with E-state index in [4.69, 9.17) is 0 Å². The van der Waals surface area contributed by atoms with Crippen LogP contribution in [0.25, 0.3) is 5.65 Å². The van der Waals surface area contributed by atoms with E-state index in [9.17, 15) is 4.79 Å². The van der Waals surface area contributed by atoms with Gasteiger partial charge in [0.05, 0.1) is 12.2 Å². The normalized spacial score (nSPS) is 11.3. The predicted molar refractivity (Wildman–Crippen MR) is 77.9 cm³/mol. The Morgan fingerprint density at radius 3 is 2.80 bits per heavy atom. The van der Waals surface area contributed by atoms with Crippen LogP contribution < -0.4 is 0 Å².